The van der Waals surface area contributed by atoms with Crippen molar-refractivity contribution in [1.82, 2.24) is 9.78 Å². The van der Waals surface area contributed by atoms with Crippen LogP contribution in [-0.4, -0.2) is 28.9 Å². The van der Waals surface area contributed by atoms with E-state index in [1.54, 1.807) is 6.92 Å². The van der Waals surface area contributed by atoms with E-state index in [1.807, 2.05) is 24.7 Å². The number of esters is 1. The number of hydrogen-bond acceptors (Lipinski definition) is 4. The van der Waals surface area contributed by atoms with Gasteiger partial charge in [0.2, 0.25) is 0 Å². The van der Waals surface area contributed by atoms with Crippen molar-refractivity contribution < 1.29 is 9.53 Å². The number of hydrogen-bond donors (Lipinski definition) is 1. The Bertz CT molecular complexity index is 414. The van der Waals surface area contributed by atoms with Gasteiger partial charge in [-0.3, -0.25) is 9.48 Å². The molecule has 0 aliphatic heterocycles. The molecule has 102 valence electrons. The molecule has 1 heterocycles. The first-order chi connectivity index (χ1) is 8.46. The van der Waals surface area contributed by atoms with Crippen LogP contribution in [0, 0.1) is 5.41 Å². The van der Waals surface area contributed by atoms with E-state index in [9.17, 15) is 4.79 Å². The zero-order chi connectivity index (χ0) is 13.8. The van der Waals surface area contributed by atoms with Crippen molar-refractivity contribution in [3.05, 3.63) is 17.5 Å². The number of ether oxygens (including phenoxy) is 1. The van der Waals surface area contributed by atoms with Crippen LogP contribution in [0.2, 0.25) is 0 Å². The molecule has 5 nitrogen and oxygen atoms in total. The highest BCUT2D eigenvalue weighted by Gasteiger charge is 2.34. The fraction of sp³-hybridized carbons (Fsp3) is 0.692. The number of nitrogens with two attached hydrogens (primary N) is 1. The SMILES string of the molecule is CCOC(=O)C(C)(CN)Cc1cc(CC)nn1C. The third kappa shape index (κ3) is 3.10. The monoisotopic (exact) mass is 253 g/mol. The summed E-state index contributed by atoms with van der Waals surface area (Å²) in [6, 6.07) is 2.02. The topological polar surface area (TPSA) is 70.1 Å². The predicted molar refractivity (Wildman–Crippen MR) is 70.1 cm³/mol. The lowest BCUT2D eigenvalue weighted by molar-refractivity contribution is -0.153. The molecule has 0 amide bonds. The molecule has 1 rings (SSSR count). The van der Waals surface area contributed by atoms with E-state index in [1.165, 1.54) is 0 Å². The standard InChI is InChI=1S/C13H23N3O2/c1-5-10-7-11(16(4)15-10)8-13(3,9-14)12(17)18-6-2/h7H,5-6,8-9,14H2,1-4H3. The molecule has 5 heteroatoms. The second-order valence-corrected chi connectivity index (χ2v) is 4.77. The number of carbonyl (C=O) groups is 1. The van der Waals surface area contributed by atoms with Gasteiger partial charge in [0.1, 0.15) is 0 Å². The summed E-state index contributed by atoms with van der Waals surface area (Å²) in [5, 5.41) is 4.38. The summed E-state index contributed by atoms with van der Waals surface area (Å²) in [5.74, 6) is -0.244. The van der Waals surface area contributed by atoms with E-state index in [2.05, 4.69) is 12.0 Å². The number of aromatic nitrogens is 2. The van der Waals surface area contributed by atoms with Gasteiger partial charge in [0.05, 0.1) is 17.7 Å². The minimum Gasteiger partial charge on any atom is -0.466 e. The maximum atomic E-state index is 12.0. The highest BCUT2D eigenvalue weighted by molar-refractivity contribution is 5.77. The molecule has 0 aliphatic carbocycles. The van der Waals surface area contributed by atoms with Crippen molar-refractivity contribution in [3.63, 3.8) is 0 Å². The molecule has 1 unspecified atom stereocenters. The van der Waals surface area contributed by atoms with Crippen molar-refractivity contribution in [2.45, 2.75) is 33.6 Å². The van der Waals surface area contributed by atoms with Gasteiger partial charge in [0.25, 0.3) is 0 Å². The summed E-state index contributed by atoms with van der Waals surface area (Å²) in [6.45, 7) is 6.33. The molecule has 0 spiro atoms. The Hall–Kier alpha value is -1.36. The molecule has 0 fully saturated rings. The second-order valence-electron chi connectivity index (χ2n) is 4.77. The molecule has 2 N–H and O–H groups in total. The van der Waals surface area contributed by atoms with E-state index in [4.69, 9.17) is 10.5 Å². The normalized spacial score (nSPS) is 14.3. The van der Waals surface area contributed by atoms with E-state index < -0.39 is 5.41 Å². The van der Waals surface area contributed by atoms with Crippen LogP contribution >= 0.6 is 0 Å². The molecule has 0 radical (unpaired) electrons. The van der Waals surface area contributed by atoms with E-state index >= 15 is 0 Å². The van der Waals surface area contributed by atoms with Crippen molar-refractivity contribution in [1.29, 1.82) is 0 Å². The van der Waals surface area contributed by atoms with Crippen LogP contribution in [0.4, 0.5) is 0 Å². The van der Waals surface area contributed by atoms with Gasteiger partial charge in [0.15, 0.2) is 0 Å². The molecule has 18 heavy (non-hydrogen) atoms. The highest BCUT2D eigenvalue weighted by Crippen LogP contribution is 2.23. The summed E-state index contributed by atoms with van der Waals surface area (Å²) in [6.07, 6.45) is 1.43. The predicted octanol–water partition coefficient (Wildman–Crippen LogP) is 1.05. The minimum atomic E-state index is -0.686. The number of carbonyl (C=O) groups excluding carboxylic acids is 1. The largest absolute Gasteiger partial charge is 0.466 e. The fourth-order valence-corrected chi connectivity index (χ4v) is 1.84. The van der Waals surface area contributed by atoms with Crippen LogP contribution in [-0.2, 0) is 29.4 Å². The first-order valence-electron chi connectivity index (χ1n) is 6.36. The summed E-state index contributed by atoms with van der Waals surface area (Å²) >= 11 is 0. The highest BCUT2D eigenvalue weighted by atomic mass is 16.5. The molecule has 0 aromatic carbocycles. The first-order valence-corrected chi connectivity index (χ1v) is 6.36. The second kappa shape index (κ2) is 6.00. The summed E-state index contributed by atoms with van der Waals surface area (Å²) in [4.78, 5) is 12.0. The first kappa shape index (κ1) is 14.7. The third-order valence-corrected chi connectivity index (χ3v) is 3.18. The van der Waals surface area contributed by atoms with E-state index in [0.717, 1.165) is 17.8 Å². The van der Waals surface area contributed by atoms with Gasteiger partial charge in [-0.15, -0.1) is 0 Å². The van der Waals surface area contributed by atoms with Gasteiger partial charge >= 0.3 is 5.97 Å². The van der Waals surface area contributed by atoms with Crippen molar-refractivity contribution in [2.24, 2.45) is 18.2 Å². The summed E-state index contributed by atoms with van der Waals surface area (Å²) in [5.41, 5.74) is 7.09. The minimum absolute atomic E-state index is 0.244. The maximum Gasteiger partial charge on any atom is 0.313 e. The molecule has 1 atom stereocenters. The molecule has 0 aliphatic rings. The van der Waals surface area contributed by atoms with Crippen LogP contribution in [0.25, 0.3) is 0 Å². The van der Waals surface area contributed by atoms with E-state index in [-0.39, 0.29) is 12.5 Å². The smallest absolute Gasteiger partial charge is 0.313 e. The quantitative estimate of drug-likeness (QED) is 0.769. The molecular weight excluding hydrogens is 230 g/mol. The van der Waals surface area contributed by atoms with Crippen molar-refractivity contribution >= 4 is 5.97 Å². The zero-order valence-electron chi connectivity index (χ0n) is 11.7. The molecule has 1 aromatic rings. The zero-order valence-corrected chi connectivity index (χ0v) is 11.7. The Kier molecular flexibility index (Phi) is 4.90. The lowest BCUT2D eigenvalue weighted by Crippen LogP contribution is -2.39. The Morgan fingerprint density at radius 3 is 2.67 bits per heavy atom. The van der Waals surface area contributed by atoms with Crippen LogP contribution in [0.5, 0.6) is 0 Å². The number of rotatable bonds is 6. The van der Waals surface area contributed by atoms with Gasteiger partial charge in [-0.2, -0.15) is 5.10 Å². The van der Waals surface area contributed by atoms with Gasteiger partial charge in [0, 0.05) is 25.7 Å². The van der Waals surface area contributed by atoms with Gasteiger partial charge in [-0.25, -0.2) is 0 Å². The molecule has 0 bridgehead atoms. The average molecular weight is 253 g/mol. The molecule has 0 saturated heterocycles. The number of nitrogens with zero attached hydrogens (tertiary/aromatic N) is 2. The van der Waals surface area contributed by atoms with Crippen molar-refractivity contribution in [3.8, 4) is 0 Å². The summed E-state index contributed by atoms with van der Waals surface area (Å²) < 4.78 is 6.91. The van der Waals surface area contributed by atoms with Gasteiger partial charge in [-0.05, 0) is 26.3 Å². The molecular formula is C13H23N3O2. The Balaban J connectivity index is 2.90. The Morgan fingerprint density at radius 1 is 1.56 bits per heavy atom. The molecule has 0 saturated carbocycles. The fourth-order valence-electron chi connectivity index (χ4n) is 1.84. The number of aryl methyl sites for hydroxylation is 2. The lowest BCUT2D eigenvalue weighted by atomic mass is 9.85. The average Bonchev–Trinajstić information content (AvgIpc) is 2.70. The third-order valence-electron chi connectivity index (χ3n) is 3.18. The van der Waals surface area contributed by atoms with Crippen LogP contribution in [0.3, 0.4) is 0 Å². The molecule has 1 aromatic heterocycles. The van der Waals surface area contributed by atoms with Gasteiger partial charge in [-0.1, -0.05) is 6.92 Å². The lowest BCUT2D eigenvalue weighted by Gasteiger charge is -2.25. The maximum absolute atomic E-state index is 12.0. The Labute approximate surface area is 108 Å². The van der Waals surface area contributed by atoms with Crippen LogP contribution < -0.4 is 5.73 Å². The van der Waals surface area contributed by atoms with E-state index in [0.29, 0.717) is 13.0 Å². The summed E-state index contributed by atoms with van der Waals surface area (Å²) in [7, 11) is 1.89. The van der Waals surface area contributed by atoms with Crippen LogP contribution in [0.15, 0.2) is 6.07 Å². The Morgan fingerprint density at radius 2 is 2.22 bits per heavy atom. The van der Waals surface area contributed by atoms with Crippen molar-refractivity contribution in [2.75, 3.05) is 13.2 Å². The van der Waals surface area contributed by atoms with Crippen LogP contribution in [0.1, 0.15) is 32.2 Å². The van der Waals surface area contributed by atoms with Gasteiger partial charge < -0.3 is 10.5 Å².